The fraction of sp³-hybridized carbons (Fsp3) is 0.556. The molecule has 2 atom stereocenters. The Labute approximate surface area is 154 Å². The zero-order chi connectivity index (χ0) is 18.5. The van der Waals surface area contributed by atoms with Crippen LogP contribution >= 0.6 is 0 Å². The third-order valence-corrected chi connectivity index (χ3v) is 4.81. The lowest BCUT2D eigenvalue weighted by Crippen LogP contribution is -2.37. The van der Waals surface area contributed by atoms with Crippen LogP contribution in [0.25, 0.3) is 0 Å². The number of amides is 1. The number of carbonyl (C=O) groups is 1. The largest absolute Gasteiger partial charge is 0.381 e. The molecule has 3 rings (SSSR count). The summed E-state index contributed by atoms with van der Waals surface area (Å²) < 4.78 is 1.61. The maximum atomic E-state index is 12.7. The number of aromatic nitrogens is 4. The minimum absolute atomic E-state index is 0.105. The molecule has 0 aliphatic carbocycles. The van der Waals surface area contributed by atoms with Gasteiger partial charge in [0.25, 0.3) is 0 Å². The number of likely N-dealkylation sites (tertiary alicyclic amines) is 1. The summed E-state index contributed by atoms with van der Waals surface area (Å²) in [5, 5.41) is 7.64. The Morgan fingerprint density at radius 3 is 2.81 bits per heavy atom. The van der Waals surface area contributed by atoms with Gasteiger partial charge in [-0.1, -0.05) is 0 Å². The van der Waals surface area contributed by atoms with E-state index in [1.165, 1.54) is 6.33 Å². The summed E-state index contributed by atoms with van der Waals surface area (Å²) in [7, 11) is 3.96. The predicted molar refractivity (Wildman–Crippen MR) is 101 cm³/mol. The van der Waals surface area contributed by atoms with Gasteiger partial charge in [-0.15, -0.1) is 0 Å². The lowest BCUT2D eigenvalue weighted by Gasteiger charge is -2.24. The molecule has 1 amide bonds. The molecule has 3 heterocycles. The number of hydrogen-bond acceptors (Lipinski definition) is 6. The molecule has 0 bridgehead atoms. The second kappa shape index (κ2) is 8.16. The van der Waals surface area contributed by atoms with Crippen LogP contribution in [0, 0.1) is 0 Å². The van der Waals surface area contributed by atoms with Gasteiger partial charge in [0.15, 0.2) is 0 Å². The molecule has 140 valence electrons. The van der Waals surface area contributed by atoms with Crippen molar-refractivity contribution in [1.82, 2.24) is 24.6 Å². The number of pyridine rings is 1. The van der Waals surface area contributed by atoms with Crippen LogP contribution < -0.4 is 10.2 Å². The molecule has 1 fully saturated rings. The van der Waals surface area contributed by atoms with Crippen molar-refractivity contribution in [3.8, 4) is 0 Å². The van der Waals surface area contributed by atoms with Gasteiger partial charge in [-0.25, -0.2) is 14.6 Å². The summed E-state index contributed by atoms with van der Waals surface area (Å²) >= 11 is 0. The fourth-order valence-corrected chi connectivity index (χ4v) is 3.23. The van der Waals surface area contributed by atoms with Crippen LogP contribution in [-0.4, -0.2) is 63.8 Å². The number of nitrogens with one attached hydrogen (secondary N) is 1. The summed E-state index contributed by atoms with van der Waals surface area (Å²) in [6, 6.07) is 4.10. The van der Waals surface area contributed by atoms with Crippen molar-refractivity contribution in [2.45, 2.75) is 38.3 Å². The molecule has 0 saturated carbocycles. The van der Waals surface area contributed by atoms with Crippen molar-refractivity contribution in [3.05, 3.63) is 31.0 Å². The summed E-state index contributed by atoms with van der Waals surface area (Å²) in [6.07, 6.45) is 7.87. The van der Waals surface area contributed by atoms with Gasteiger partial charge in [-0.3, -0.25) is 4.79 Å². The minimum Gasteiger partial charge on any atom is -0.381 e. The first-order chi connectivity index (χ1) is 12.5. The quantitative estimate of drug-likeness (QED) is 0.879. The summed E-state index contributed by atoms with van der Waals surface area (Å²) in [4.78, 5) is 25.0. The molecule has 0 aromatic carbocycles. The average molecular weight is 357 g/mol. The molecule has 0 radical (unpaired) electrons. The molecule has 8 heteroatoms. The van der Waals surface area contributed by atoms with E-state index in [1.54, 1.807) is 11.0 Å². The molecule has 1 aliphatic heterocycles. The number of anilines is 2. The van der Waals surface area contributed by atoms with Crippen molar-refractivity contribution in [3.63, 3.8) is 0 Å². The number of nitrogens with zero attached hydrogens (tertiary/aromatic N) is 6. The lowest BCUT2D eigenvalue weighted by molar-refractivity contribution is -0.134. The number of rotatable bonds is 5. The van der Waals surface area contributed by atoms with Crippen molar-refractivity contribution in [1.29, 1.82) is 0 Å². The maximum Gasteiger partial charge on any atom is 0.247 e. The topological polar surface area (TPSA) is 79.2 Å². The monoisotopic (exact) mass is 357 g/mol. The Balaban J connectivity index is 1.55. The van der Waals surface area contributed by atoms with Gasteiger partial charge in [-0.05, 0) is 38.3 Å². The molecule has 0 spiro atoms. The maximum absolute atomic E-state index is 12.7. The molecule has 1 N–H and O–H groups in total. The van der Waals surface area contributed by atoms with Crippen molar-refractivity contribution in [2.75, 3.05) is 37.4 Å². The van der Waals surface area contributed by atoms with Crippen molar-refractivity contribution < 1.29 is 4.79 Å². The second-order valence-corrected chi connectivity index (χ2v) is 6.95. The van der Waals surface area contributed by atoms with E-state index in [1.807, 2.05) is 43.1 Å². The van der Waals surface area contributed by atoms with Crippen LogP contribution in [0.2, 0.25) is 0 Å². The van der Waals surface area contributed by atoms with E-state index in [0.29, 0.717) is 6.04 Å². The second-order valence-electron chi connectivity index (χ2n) is 6.95. The Morgan fingerprint density at radius 2 is 2.15 bits per heavy atom. The lowest BCUT2D eigenvalue weighted by atomic mass is 10.1. The van der Waals surface area contributed by atoms with E-state index in [2.05, 4.69) is 26.4 Å². The molecule has 1 aliphatic rings. The van der Waals surface area contributed by atoms with E-state index in [9.17, 15) is 4.79 Å². The van der Waals surface area contributed by atoms with Crippen LogP contribution in [0.4, 0.5) is 11.5 Å². The first kappa shape index (κ1) is 18.2. The minimum atomic E-state index is -0.315. The van der Waals surface area contributed by atoms with E-state index in [-0.39, 0.29) is 11.9 Å². The van der Waals surface area contributed by atoms with Crippen LogP contribution in [0.3, 0.4) is 0 Å². The normalized spacial score (nSPS) is 18.9. The first-order valence-electron chi connectivity index (χ1n) is 9.07. The Morgan fingerprint density at radius 1 is 1.31 bits per heavy atom. The third-order valence-electron chi connectivity index (χ3n) is 4.81. The van der Waals surface area contributed by atoms with Crippen LogP contribution in [-0.2, 0) is 4.79 Å². The van der Waals surface area contributed by atoms with Crippen molar-refractivity contribution >= 4 is 17.4 Å². The van der Waals surface area contributed by atoms with E-state index < -0.39 is 0 Å². The fourth-order valence-electron chi connectivity index (χ4n) is 3.23. The molecule has 2 aromatic rings. The van der Waals surface area contributed by atoms with Crippen LogP contribution in [0.15, 0.2) is 31.0 Å². The zero-order valence-corrected chi connectivity index (χ0v) is 15.7. The van der Waals surface area contributed by atoms with Gasteiger partial charge in [0.2, 0.25) is 5.91 Å². The molecule has 26 heavy (non-hydrogen) atoms. The molecular formula is C18H27N7O. The summed E-state index contributed by atoms with van der Waals surface area (Å²) in [6.45, 7) is 3.40. The SMILES string of the molecule is CC(C(=O)N1CCCC(Nc2ccc(N(C)C)nc2)CC1)n1cncn1. The first-order valence-corrected chi connectivity index (χ1v) is 9.07. The van der Waals surface area contributed by atoms with E-state index in [4.69, 9.17) is 0 Å². The highest BCUT2D eigenvalue weighted by atomic mass is 16.2. The van der Waals surface area contributed by atoms with Crippen LogP contribution in [0.5, 0.6) is 0 Å². The standard InChI is InChI=1S/C18H27N7O/c1-14(25-13-19-12-21-25)18(26)24-9-4-5-15(8-10-24)22-16-6-7-17(20-11-16)23(2)3/h6-7,11-15,22H,4-5,8-10H2,1-3H3. The molecule has 8 nitrogen and oxygen atoms in total. The highest BCUT2D eigenvalue weighted by Gasteiger charge is 2.25. The van der Waals surface area contributed by atoms with Crippen molar-refractivity contribution in [2.24, 2.45) is 0 Å². The molecule has 2 unspecified atom stereocenters. The van der Waals surface area contributed by atoms with Gasteiger partial charge in [0, 0.05) is 33.2 Å². The smallest absolute Gasteiger partial charge is 0.247 e. The highest BCUT2D eigenvalue weighted by Crippen LogP contribution is 2.20. The molecular weight excluding hydrogens is 330 g/mol. The third kappa shape index (κ3) is 4.30. The Hall–Kier alpha value is -2.64. The highest BCUT2D eigenvalue weighted by molar-refractivity contribution is 5.80. The summed E-state index contributed by atoms with van der Waals surface area (Å²) in [5.41, 5.74) is 1.02. The zero-order valence-electron chi connectivity index (χ0n) is 15.7. The Kier molecular flexibility index (Phi) is 5.70. The van der Waals surface area contributed by atoms with Gasteiger partial charge in [0.1, 0.15) is 24.5 Å². The van der Waals surface area contributed by atoms with E-state index in [0.717, 1.165) is 43.9 Å². The molecule has 1 saturated heterocycles. The summed E-state index contributed by atoms with van der Waals surface area (Å²) in [5.74, 6) is 1.04. The number of carbonyl (C=O) groups excluding carboxylic acids is 1. The average Bonchev–Trinajstić information content (AvgIpc) is 3.08. The Bertz CT molecular complexity index is 699. The predicted octanol–water partition coefficient (Wildman–Crippen LogP) is 1.79. The molecule has 2 aromatic heterocycles. The number of hydrogen-bond donors (Lipinski definition) is 1. The van der Waals surface area contributed by atoms with Gasteiger partial charge in [-0.2, -0.15) is 5.10 Å². The van der Waals surface area contributed by atoms with Crippen LogP contribution in [0.1, 0.15) is 32.2 Å². The van der Waals surface area contributed by atoms with Gasteiger partial charge >= 0.3 is 0 Å². The van der Waals surface area contributed by atoms with E-state index >= 15 is 0 Å². The van der Waals surface area contributed by atoms with Gasteiger partial charge in [0.05, 0.1) is 11.9 Å². The van der Waals surface area contributed by atoms with Gasteiger partial charge < -0.3 is 15.1 Å².